The third kappa shape index (κ3) is 5.84. The number of carbonyl (C=O) groups is 1. The molecule has 0 saturated carbocycles. The van der Waals surface area contributed by atoms with Crippen molar-refractivity contribution in [2.45, 2.75) is 31.7 Å². The summed E-state index contributed by atoms with van der Waals surface area (Å²) in [4.78, 5) is 16.3. The Balaban J connectivity index is 2.04. The summed E-state index contributed by atoms with van der Waals surface area (Å²) in [6, 6.07) is 3.41. The van der Waals surface area contributed by atoms with Crippen LogP contribution in [0.15, 0.2) is 36.4 Å². The van der Waals surface area contributed by atoms with E-state index >= 15 is 0 Å². The van der Waals surface area contributed by atoms with Gasteiger partial charge in [-0.05, 0) is 38.0 Å². The summed E-state index contributed by atoms with van der Waals surface area (Å²) in [5.41, 5.74) is -5.43. The lowest BCUT2D eigenvalue weighted by atomic mass is 9.77. The fourth-order valence-corrected chi connectivity index (χ4v) is 2.72. The second-order valence-corrected chi connectivity index (χ2v) is 6.26. The number of carbonyl (C=O) groups excluding carboxylic acids is 1. The highest BCUT2D eigenvalue weighted by Crippen LogP contribution is 2.41. The highest BCUT2D eigenvalue weighted by Gasteiger charge is 2.43. The maximum Gasteiger partial charge on any atom is 0.479 e. The number of hydrogen-bond donors (Lipinski definition) is 0. The number of halogens is 3. The Hall–Kier alpha value is -1.90. The van der Waals surface area contributed by atoms with E-state index < -0.39 is 28.9 Å². The molecule has 25 heavy (non-hydrogen) atoms. The second kappa shape index (κ2) is 8.46. The molecule has 0 fully saturated rings. The molecule has 1 atom stereocenters. The van der Waals surface area contributed by atoms with Gasteiger partial charge in [-0.15, -0.1) is 0 Å². The summed E-state index contributed by atoms with van der Waals surface area (Å²) in [5.74, 6) is 0.270. The third-order valence-corrected chi connectivity index (χ3v) is 4.16. The lowest BCUT2D eigenvalue weighted by molar-refractivity contribution is -0.158. The van der Waals surface area contributed by atoms with Crippen molar-refractivity contribution < 1.29 is 31.6 Å². The molecule has 1 aromatic heterocycles. The summed E-state index contributed by atoms with van der Waals surface area (Å²) < 4.78 is 52.1. The van der Waals surface area contributed by atoms with Crippen LogP contribution >= 0.6 is 12.0 Å². The molecule has 0 bridgehead atoms. The Kier molecular flexibility index (Phi) is 6.57. The van der Waals surface area contributed by atoms with Gasteiger partial charge >= 0.3 is 11.5 Å². The van der Waals surface area contributed by atoms with E-state index in [0.717, 1.165) is 0 Å². The van der Waals surface area contributed by atoms with Gasteiger partial charge in [-0.2, -0.15) is 13.2 Å². The van der Waals surface area contributed by atoms with Crippen LogP contribution in [0.25, 0.3) is 0 Å². The summed E-state index contributed by atoms with van der Waals surface area (Å²) >= 11 is -0.555. The van der Waals surface area contributed by atoms with Crippen molar-refractivity contribution in [2.24, 2.45) is 5.41 Å². The molecule has 1 aromatic rings. The number of allylic oxidation sites excluding steroid dienone is 2. The van der Waals surface area contributed by atoms with E-state index in [1.807, 2.05) is 0 Å². The van der Waals surface area contributed by atoms with Gasteiger partial charge in [0.15, 0.2) is 12.0 Å². The SMILES string of the molecule is CCOC(=O)C1(COc2cccnc2)CC=C(OSC(F)(F)F)CC1. The number of pyridine rings is 1. The van der Waals surface area contributed by atoms with Gasteiger partial charge in [-0.25, -0.2) is 0 Å². The maximum atomic E-state index is 12.4. The number of alkyl halides is 3. The Morgan fingerprint density at radius 1 is 1.44 bits per heavy atom. The van der Waals surface area contributed by atoms with E-state index in [2.05, 4.69) is 4.98 Å². The monoisotopic (exact) mass is 377 g/mol. The Bertz CT molecular complexity index is 609. The Morgan fingerprint density at radius 3 is 2.80 bits per heavy atom. The van der Waals surface area contributed by atoms with Crippen LogP contribution in [-0.2, 0) is 13.7 Å². The molecule has 138 valence electrons. The molecule has 0 spiro atoms. The largest absolute Gasteiger partial charge is 0.491 e. The van der Waals surface area contributed by atoms with Gasteiger partial charge < -0.3 is 13.7 Å². The smallest absolute Gasteiger partial charge is 0.479 e. The first-order valence-corrected chi connectivity index (χ1v) is 8.40. The number of nitrogens with zero attached hydrogens (tertiary/aromatic N) is 1. The standard InChI is InChI=1S/C16H18F3NO4S/c1-2-22-14(21)15(11-23-13-4-3-9-20-10-13)7-5-12(6-8-15)24-25-16(17,18)19/h3-5,9-10H,2,6-8,11H2,1H3. The predicted molar refractivity (Wildman–Crippen MR) is 85.5 cm³/mol. The minimum absolute atomic E-state index is 0.0493. The minimum atomic E-state index is -4.47. The van der Waals surface area contributed by atoms with E-state index in [-0.39, 0.29) is 38.2 Å². The Labute approximate surface area is 147 Å². The van der Waals surface area contributed by atoms with Crippen LogP contribution in [-0.4, -0.2) is 29.7 Å². The van der Waals surface area contributed by atoms with Crippen LogP contribution in [0.5, 0.6) is 5.75 Å². The fourth-order valence-electron chi connectivity index (χ4n) is 2.37. The van der Waals surface area contributed by atoms with Crippen molar-refractivity contribution >= 4 is 18.0 Å². The van der Waals surface area contributed by atoms with Gasteiger partial charge in [0.05, 0.1) is 12.8 Å². The molecule has 2 rings (SSSR count). The van der Waals surface area contributed by atoms with Gasteiger partial charge in [-0.1, -0.05) is 0 Å². The van der Waals surface area contributed by atoms with E-state index in [9.17, 15) is 18.0 Å². The van der Waals surface area contributed by atoms with Crippen molar-refractivity contribution in [1.29, 1.82) is 0 Å². The van der Waals surface area contributed by atoms with Crippen LogP contribution in [0, 0.1) is 5.41 Å². The molecule has 1 heterocycles. The number of hydrogen-bond acceptors (Lipinski definition) is 6. The molecule has 1 aliphatic carbocycles. The Morgan fingerprint density at radius 2 is 2.24 bits per heavy atom. The fraction of sp³-hybridized carbons (Fsp3) is 0.500. The van der Waals surface area contributed by atoms with Crippen LogP contribution in [0.3, 0.4) is 0 Å². The molecule has 0 amide bonds. The molecule has 9 heteroatoms. The zero-order valence-corrected chi connectivity index (χ0v) is 14.4. The van der Waals surface area contributed by atoms with Gasteiger partial charge in [0.1, 0.15) is 23.5 Å². The zero-order valence-electron chi connectivity index (χ0n) is 13.5. The van der Waals surface area contributed by atoms with Crippen LogP contribution in [0.2, 0.25) is 0 Å². The molecular weight excluding hydrogens is 359 g/mol. The van der Waals surface area contributed by atoms with Crippen LogP contribution < -0.4 is 4.74 Å². The maximum absolute atomic E-state index is 12.4. The molecule has 0 radical (unpaired) electrons. The zero-order chi connectivity index (χ0) is 18.3. The van der Waals surface area contributed by atoms with Gasteiger partial charge in [0.2, 0.25) is 0 Å². The highest BCUT2D eigenvalue weighted by atomic mass is 32.2. The van der Waals surface area contributed by atoms with Crippen molar-refractivity contribution in [1.82, 2.24) is 4.98 Å². The predicted octanol–water partition coefficient (Wildman–Crippen LogP) is 4.26. The summed E-state index contributed by atoms with van der Waals surface area (Å²) in [6.07, 6.45) is 5.26. The molecule has 0 saturated heterocycles. The first-order chi connectivity index (χ1) is 11.8. The summed E-state index contributed by atoms with van der Waals surface area (Å²) in [5, 5.41) is 0. The van der Waals surface area contributed by atoms with Crippen LogP contribution in [0.4, 0.5) is 13.2 Å². The van der Waals surface area contributed by atoms with Gasteiger partial charge in [0.25, 0.3) is 0 Å². The van der Waals surface area contributed by atoms with Crippen LogP contribution in [0.1, 0.15) is 26.2 Å². The van der Waals surface area contributed by atoms with Crippen molar-refractivity contribution in [2.75, 3.05) is 13.2 Å². The van der Waals surface area contributed by atoms with Gasteiger partial charge in [0, 0.05) is 12.6 Å². The first kappa shape index (κ1) is 19.4. The van der Waals surface area contributed by atoms with Crippen molar-refractivity contribution in [3.63, 3.8) is 0 Å². The second-order valence-electron chi connectivity index (χ2n) is 5.47. The normalized spacial score (nSPS) is 20.6. The third-order valence-electron chi connectivity index (χ3n) is 3.67. The van der Waals surface area contributed by atoms with Crippen molar-refractivity contribution in [3.8, 4) is 5.75 Å². The molecule has 0 aromatic carbocycles. The molecule has 5 nitrogen and oxygen atoms in total. The number of esters is 1. The first-order valence-electron chi connectivity index (χ1n) is 7.66. The van der Waals surface area contributed by atoms with Gasteiger partial charge in [-0.3, -0.25) is 9.78 Å². The summed E-state index contributed by atoms with van der Waals surface area (Å²) in [7, 11) is 0. The van der Waals surface area contributed by atoms with E-state index in [0.29, 0.717) is 5.75 Å². The van der Waals surface area contributed by atoms with E-state index in [4.69, 9.17) is 13.7 Å². The lowest BCUT2D eigenvalue weighted by Gasteiger charge is -2.33. The summed E-state index contributed by atoms with van der Waals surface area (Å²) in [6.45, 7) is 1.96. The number of rotatable bonds is 7. The molecule has 0 N–H and O–H groups in total. The average molecular weight is 377 g/mol. The number of ether oxygens (including phenoxy) is 2. The molecular formula is C16H18F3NO4S. The molecule has 1 aliphatic rings. The highest BCUT2D eigenvalue weighted by molar-refractivity contribution is 7.95. The lowest BCUT2D eigenvalue weighted by Crippen LogP contribution is -2.40. The molecule has 0 aliphatic heterocycles. The van der Waals surface area contributed by atoms with E-state index in [1.54, 1.807) is 25.3 Å². The quantitative estimate of drug-likeness (QED) is 0.523. The number of aromatic nitrogens is 1. The molecule has 1 unspecified atom stereocenters. The van der Waals surface area contributed by atoms with E-state index in [1.165, 1.54) is 12.3 Å². The van der Waals surface area contributed by atoms with Crippen molar-refractivity contribution in [3.05, 3.63) is 36.4 Å². The average Bonchev–Trinajstić information content (AvgIpc) is 2.59. The minimum Gasteiger partial charge on any atom is -0.491 e. The topological polar surface area (TPSA) is 57.7 Å².